The molecule has 18 heavy (non-hydrogen) atoms. The van der Waals surface area contributed by atoms with E-state index in [1.165, 1.54) is 37.9 Å². The lowest BCUT2D eigenvalue weighted by atomic mass is 10.0. The Balaban J connectivity index is 1.71. The molecule has 2 saturated heterocycles. The van der Waals surface area contributed by atoms with Crippen LogP contribution in [0.5, 0.6) is 0 Å². The molecule has 2 bridgehead atoms. The van der Waals surface area contributed by atoms with Gasteiger partial charge >= 0.3 is 0 Å². The number of nitrogens with zero attached hydrogens (tertiary/aromatic N) is 1. The van der Waals surface area contributed by atoms with Gasteiger partial charge in [0.25, 0.3) is 0 Å². The van der Waals surface area contributed by atoms with Gasteiger partial charge in [-0.2, -0.15) is 0 Å². The zero-order valence-corrected chi connectivity index (χ0v) is 11.7. The third kappa shape index (κ3) is 2.56. The van der Waals surface area contributed by atoms with Crippen molar-refractivity contribution in [1.82, 2.24) is 10.2 Å². The van der Waals surface area contributed by atoms with Crippen LogP contribution >= 0.6 is 11.6 Å². The van der Waals surface area contributed by atoms with Crippen LogP contribution < -0.4 is 5.32 Å². The Labute approximate surface area is 114 Å². The molecule has 1 aromatic carbocycles. The molecule has 0 aliphatic carbocycles. The van der Waals surface area contributed by atoms with E-state index in [-0.39, 0.29) is 0 Å². The van der Waals surface area contributed by atoms with Gasteiger partial charge < -0.3 is 5.32 Å². The molecule has 0 radical (unpaired) electrons. The average molecular weight is 265 g/mol. The smallest absolute Gasteiger partial charge is 0.0406 e. The van der Waals surface area contributed by atoms with Crippen LogP contribution in [0.3, 0.4) is 0 Å². The number of hydrogen-bond acceptors (Lipinski definition) is 2. The second-order valence-electron chi connectivity index (χ2n) is 5.65. The quantitative estimate of drug-likeness (QED) is 0.882. The summed E-state index contributed by atoms with van der Waals surface area (Å²) in [5.41, 5.74) is 1.37. The standard InChI is InChI=1S/C15H21ClN2/c1-11(12-2-4-13(16)5-3-12)18-9-8-14-6-7-15(10-18)17-14/h2-5,11,14-15,17H,6-10H2,1H3. The van der Waals surface area contributed by atoms with Gasteiger partial charge in [-0.15, -0.1) is 0 Å². The van der Waals surface area contributed by atoms with Crippen molar-refractivity contribution in [2.75, 3.05) is 13.1 Å². The van der Waals surface area contributed by atoms with E-state index in [9.17, 15) is 0 Å². The lowest BCUT2D eigenvalue weighted by Crippen LogP contribution is -2.36. The Hall–Kier alpha value is -0.570. The summed E-state index contributed by atoms with van der Waals surface area (Å²) in [7, 11) is 0. The Bertz CT molecular complexity index is 403. The summed E-state index contributed by atoms with van der Waals surface area (Å²) in [5.74, 6) is 0. The first-order valence-electron chi connectivity index (χ1n) is 6.98. The number of nitrogens with one attached hydrogen (secondary N) is 1. The summed E-state index contributed by atoms with van der Waals surface area (Å²) in [6.07, 6.45) is 4.00. The van der Waals surface area contributed by atoms with E-state index >= 15 is 0 Å². The minimum absolute atomic E-state index is 0.489. The van der Waals surface area contributed by atoms with Gasteiger partial charge in [0, 0.05) is 36.2 Å². The maximum Gasteiger partial charge on any atom is 0.0406 e. The van der Waals surface area contributed by atoms with Crippen molar-refractivity contribution in [1.29, 1.82) is 0 Å². The molecule has 0 amide bonds. The number of fused-ring (bicyclic) bond motifs is 2. The number of benzene rings is 1. The predicted octanol–water partition coefficient (Wildman–Crippen LogP) is 3.23. The molecule has 1 aromatic rings. The van der Waals surface area contributed by atoms with E-state index in [2.05, 4.69) is 29.3 Å². The number of halogens is 1. The Kier molecular flexibility index (Phi) is 3.60. The number of rotatable bonds is 2. The summed E-state index contributed by atoms with van der Waals surface area (Å²) in [4.78, 5) is 2.61. The van der Waals surface area contributed by atoms with Crippen molar-refractivity contribution >= 4 is 11.6 Å². The first kappa shape index (κ1) is 12.5. The van der Waals surface area contributed by atoms with Crippen LogP contribution in [0.15, 0.2) is 24.3 Å². The molecule has 2 aliphatic rings. The van der Waals surface area contributed by atoms with Crippen LogP contribution in [-0.4, -0.2) is 30.1 Å². The van der Waals surface area contributed by atoms with E-state index in [1.54, 1.807) is 0 Å². The van der Waals surface area contributed by atoms with Crippen molar-refractivity contribution < 1.29 is 0 Å². The van der Waals surface area contributed by atoms with Crippen molar-refractivity contribution in [3.8, 4) is 0 Å². The van der Waals surface area contributed by atoms with Gasteiger partial charge in [0.05, 0.1) is 0 Å². The molecule has 3 unspecified atom stereocenters. The highest BCUT2D eigenvalue weighted by Crippen LogP contribution is 2.27. The van der Waals surface area contributed by atoms with Crippen LogP contribution in [0.4, 0.5) is 0 Å². The molecule has 0 aromatic heterocycles. The van der Waals surface area contributed by atoms with Gasteiger partial charge in [0.1, 0.15) is 0 Å². The fourth-order valence-corrected chi connectivity index (χ4v) is 3.40. The van der Waals surface area contributed by atoms with Crippen molar-refractivity contribution in [3.05, 3.63) is 34.9 Å². The largest absolute Gasteiger partial charge is 0.310 e. The first-order chi connectivity index (χ1) is 8.72. The Morgan fingerprint density at radius 2 is 1.89 bits per heavy atom. The normalized spacial score (nSPS) is 30.1. The summed E-state index contributed by atoms with van der Waals surface area (Å²) >= 11 is 5.96. The third-order valence-electron chi connectivity index (χ3n) is 4.45. The number of hydrogen-bond donors (Lipinski definition) is 1. The molecular weight excluding hydrogens is 244 g/mol. The van der Waals surface area contributed by atoms with E-state index in [1.807, 2.05) is 12.1 Å². The molecule has 2 aliphatic heterocycles. The van der Waals surface area contributed by atoms with E-state index in [0.717, 1.165) is 11.1 Å². The van der Waals surface area contributed by atoms with Crippen molar-refractivity contribution in [2.45, 2.75) is 44.3 Å². The molecule has 0 spiro atoms. The lowest BCUT2D eigenvalue weighted by Gasteiger charge is -2.30. The molecule has 2 fully saturated rings. The summed E-state index contributed by atoms with van der Waals surface area (Å²) in [6.45, 7) is 4.69. The zero-order chi connectivity index (χ0) is 12.5. The van der Waals surface area contributed by atoms with Crippen molar-refractivity contribution in [3.63, 3.8) is 0 Å². The maximum absolute atomic E-state index is 5.96. The highest BCUT2D eigenvalue weighted by Gasteiger charge is 2.31. The first-order valence-corrected chi connectivity index (χ1v) is 7.36. The van der Waals surface area contributed by atoms with Gasteiger partial charge in [-0.25, -0.2) is 0 Å². The van der Waals surface area contributed by atoms with Crippen LogP contribution in [0, 0.1) is 0 Å². The van der Waals surface area contributed by atoms with Gasteiger partial charge in [-0.3, -0.25) is 4.90 Å². The van der Waals surface area contributed by atoms with Crippen LogP contribution in [0.25, 0.3) is 0 Å². The van der Waals surface area contributed by atoms with Crippen LogP contribution in [-0.2, 0) is 0 Å². The molecule has 2 heterocycles. The topological polar surface area (TPSA) is 15.3 Å². The van der Waals surface area contributed by atoms with Gasteiger partial charge in [0.15, 0.2) is 0 Å². The summed E-state index contributed by atoms with van der Waals surface area (Å²) in [5, 5.41) is 4.56. The number of likely N-dealkylation sites (tertiary alicyclic amines) is 1. The summed E-state index contributed by atoms with van der Waals surface area (Å²) in [6, 6.07) is 10.3. The molecule has 1 N–H and O–H groups in total. The Morgan fingerprint density at radius 3 is 2.67 bits per heavy atom. The highest BCUT2D eigenvalue weighted by molar-refractivity contribution is 6.30. The predicted molar refractivity (Wildman–Crippen MR) is 76.0 cm³/mol. The Morgan fingerprint density at radius 1 is 1.17 bits per heavy atom. The molecule has 98 valence electrons. The molecule has 0 saturated carbocycles. The maximum atomic E-state index is 5.96. The zero-order valence-electron chi connectivity index (χ0n) is 10.9. The van der Waals surface area contributed by atoms with Crippen molar-refractivity contribution in [2.24, 2.45) is 0 Å². The molecular formula is C15H21ClN2. The summed E-state index contributed by atoms with van der Waals surface area (Å²) < 4.78 is 0. The second-order valence-corrected chi connectivity index (χ2v) is 6.09. The molecule has 3 atom stereocenters. The minimum atomic E-state index is 0.489. The molecule has 3 heteroatoms. The van der Waals surface area contributed by atoms with Gasteiger partial charge in [-0.05, 0) is 43.9 Å². The van der Waals surface area contributed by atoms with E-state index in [0.29, 0.717) is 12.1 Å². The monoisotopic (exact) mass is 264 g/mol. The minimum Gasteiger partial charge on any atom is -0.310 e. The van der Waals surface area contributed by atoms with E-state index in [4.69, 9.17) is 11.6 Å². The fraction of sp³-hybridized carbons (Fsp3) is 0.600. The molecule has 3 rings (SSSR count). The van der Waals surface area contributed by atoms with Gasteiger partial charge in [0.2, 0.25) is 0 Å². The third-order valence-corrected chi connectivity index (χ3v) is 4.71. The fourth-order valence-electron chi connectivity index (χ4n) is 3.27. The molecule has 2 nitrogen and oxygen atoms in total. The van der Waals surface area contributed by atoms with Crippen LogP contribution in [0.1, 0.15) is 37.8 Å². The lowest BCUT2D eigenvalue weighted by molar-refractivity contribution is 0.200. The van der Waals surface area contributed by atoms with Crippen LogP contribution in [0.2, 0.25) is 5.02 Å². The average Bonchev–Trinajstić information content (AvgIpc) is 2.69. The van der Waals surface area contributed by atoms with E-state index < -0.39 is 0 Å². The van der Waals surface area contributed by atoms with Gasteiger partial charge in [-0.1, -0.05) is 23.7 Å². The highest BCUT2D eigenvalue weighted by atomic mass is 35.5. The second kappa shape index (κ2) is 5.20. The SMILES string of the molecule is CC(c1ccc(Cl)cc1)N1CCC2CCC(C1)N2.